The number of halogens is 2. The quantitative estimate of drug-likeness (QED) is 0.508. The first-order valence-corrected chi connectivity index (χ1v) is 9.98. The van der Waals surface area contributed by atoms with Crippen LogP contribution in [-0.2, 0) is 4.79 Å². The monoisotopic (exact) mass is 408 g/mol. The Morgan fingerprint density at radius 3 is 2.60 bits per heavy atom. The molecular formula is C18H14Cl2N2OS2. The number of carbonyl (C=O) groups excluding carboxylic acids is 1. The van der Waals surface area contributed by atoms with Gasteiger partial charge in [0.1, 0.15) is 0 Å². The average molecular weight is 409 g/mol. The Labute approximate surface area is 164 Å². The molecule has 3 aromatic rings. The summed E-state index contributed by atoms with van der Waals surface area (Å²) in [6, 6.07) is 14.9. The molecule has 2 aromatic carbocycles. The summed E-state index contributed by atoms with van der Waals surface area (Å²) in [5.74, 6) is -0.0972. The van der Waals surface area contributed by atoms with Crippen LogP contribution in [0.1, 0.15) is 6.92 Å². The molecule has 1 atom stereocenters. The van der Waals surface area contributed by atoms with Crippen molar-refractivity contribution in [2.75, 3.05) is 5.32 Å². The predicted octanol–water partition coefficient (Wildman–Crippen LogP) is 6.24. The molecule has 0 fully saturated rings. The first-order valence-electron chi connectivity index (χ1n) is 7.46. The SMILES string of the molecule is CC(Sc1ccc(Cl)cc1)C(=O)Nc1nc(-c2ccccc2Cl)cs1. The molecule has 1 N–H and O–H groups in total. The van der Waals surface area contributed by atoms with Crippen LogP contribution in [0, 0.1) is 0 Å². The highest BCUT2D eigenvalue weighted by Crippen LogP contribution is 2.31. The number of nitrogens with zero attached hydrogens (tertiary/aromatic N) is 1. The Bertz CT molecular complexity index is 881. The van der Waals surface area contributed by atoms with Crippen LogP contribution in [0.3, 0.4) is 0 Å². The molecule has 3 nitrogen and oxygen atoms in total. The van der Waals surface area contributed by atoms with Crippen molar-refractivity contribution in [2.45, 2.75) is 17.1 Å². The minimum atomic E-state index is -0.256. The molecule has 1 amide bonds. The number of thiazole rings is 1. The van der Waals surface area contributed by atoms with Crippen molar-refractivity contribution in [1.82, 2.24) is 4.98 Å². The van der Waals surface area contributed by atoms with Gasteiger partial charge in [-0.25, -0.2) is 4.98 Å². The summed E-state index contributed by atoms with van der Waals surface area (Å²) in [6.45, 7) is 1.86. The number of hydrogen-bond acceptors (Lipinski definition) is 4. The Hall–Kier alpha value is -1.53. The normalized spacial score (nSPS) is 12.0. The molecule has 1 unspecified atom stereocenters. The van der Waals surface area contributed by atoms with E-state index in [1.54, 1.807) is 0 Å². The van der Waals surface area contributed by atoms with Crippen LogP contribution in [0.5, 0.6) is 0 Å². The molecule has 3 rings (SSSR count). The summed E-state index contributed by atoms with van der Waals surface area (Å²) in [6.07, 6.45) is 0. The number of benzene rings is 2. The lowest BCUT2D eigenvalue weighted by Gasteiger charge is -2.10. The lowest BCUT2D eigenvalue weighted by atomic mass is 10.2. The fourth-order valence-electron chi connectivity index (χ4n) is 2.10. The molecule has 0 aliphatic rings. The molecule has 7 heteroatoms. The number of thioether (sulfide) groups is 1. The molecule has 0 aliphatic heterocycles. The van der Waals surface area contributed by atoms with Gasteiger partial charge in [-0.1, -0.05) is 41.4 Å². The summed E-state index contributed by atoms with van der Waals surface area (Å²) in [7, 11) is 0. The van der Waals surface area contributed by atoms with Crippen LogP contribution < -0.4 is 5.32 Å². The number of anilines is 1. The third kappa shape index (κ3) is 4.76. The van der Waals surface area contributed by atoms with Crippen molar-refractivity contribution >= 4 is 57.3 Å². The maximum absolute atomic E-state index is 12.4. The third-order valence-electron chi connectivity index (χ3n) is 3.38. The minimum Gasteiger partial charge on any atom is -0.301 e. The van der Waals surface area contributed by atoms with Gasteiger partial charge in [-0.05, 0) is 37.3 Å². The van der Waals surface area contributed by atoms with Gasteiger partial charge >= 0.3 is 0 Å². The number of carbonyl (C=O) groups is 1. The van der Waals surface area contributed by atoms with Gasteiger partial charge in [0, 0.05) is 25.9 Å². The molecule has 0 saturated carbocycles. The Balaban J connectivity index is 1.65. The first kappa shape index (κ1) is 18.3. The summed E-state index contributed by atoms with van der Waals surface area (Å²) < 4.78 is 0. The van der Waals surface area contributed by atoms with Crippen molar-refractivity contribution < 1.29 is 4.79 Å². The minimum absolute atomic E-state index is 0.0972. The second-order valence-corrected chi connectivity index (χ2v) is 8.34. The Morgan fingerprint density at radius 2 is 1.88 bits per heavy atom. The van der Waals surface area contributed by atoms with Crippen LogP contribution in [-0.4, -0.2) is 16.1 Å². The maximum Gasteiger partial charge on any atom is 0.239 e. The lowest BCUT2D eigenvalue weighted by Crippen LogP contribution is -2.22. The number of nitrogens with one attached hydrogen (secondary N) is 1. The average Bonchev–Trinajstić information content (AvgIpc) is 3.05. The van der Waals surface area contributed by atoms with Gasteiger partial charge in [-0.3, -0.25) is 4.79 Å². The molecule has 0 aliphatic carbocycles. The van der Waals surface area contributed by atoms with Gasteiger partial charge < -0.3 is 5.32 Å². The van der Waals surface area contributed by atoms with Crippen LogP contribution in [0.2, 0.25) is 10.0 Å². The topological polar surface area (TPSA) is 42.0 Å². The second kappa shape index (κ2) is 8.23. The largest absolute Gasteiger partial charge is 0.301 e. The van der Waals surface area contributed by atoms with Crippen LogP contribution in [0.25, 0.3) is 11.3 Å². The highest BCUT2D eigenvalue weighted by atomic mass is 35.5. The summed E-state index contributed by atoms with van der Waals surface area (Å²) in [5.41, 5.74) is 1.61. The van der Waals surface area contributed by atoms with E-state index < -0.39 is 0 Å². The van der Waals surface area contributed by atoms with E-state index in [1.807, 2.05) is 60.8 Å². The molecule has 128 valence electrons. The van der Waals surface area contributed by atoms with E-state index in [4.69, 9.17) is 23.2 Å². The van der Waals surface area contributed by atoms with Crippen molar-refractivity contribution in [3.05, 3.63) is 64.0 Å². The number of rotatable bonds is 5. The lowest BCUT2D eigenvalue weighted by molar-refractivity contribution is -0.115. The van der Waals surface area contributed by atoms with E-state index in [0.717, 1.165) is 16.2 Å². The fraction of sp³-hybridized carbons (Fsp3) is 0.111. The van der Waals surface area contributed by atoms with E-state index in [2.05, 4.69) is 10.3 Å². The van der Waals surface area contributed by atoms with Gasteiger partial charge in [0.15, 0.2) is 5.13 Å². The third-order valence-corrected chi connectivity index (χ3v) is 5.83. The molecule has 1 aromatic heterocycles. The van der Waals surface area contributed by atoms with Crippen LogP contribution in [0.15, 0.2) is 58.8 Å². The summed E-state index contributed by atoms with van der Waals surface area (Å²) >= 11 is 14.9. The van der Waals surface area contributed by atoms with Gasteiger partial charge in [0.2, 0.25) is 5.91 Å². The zero-order valence-corrected chi connectivity index (χ0v) is 16.3. The maximum atomic E-state index is 12.4. The van der Waals surface area contributed by atoms with Crippen molar-refractivity contribution in [2.24, 2.45) is 0 Å². The first-order chi connectivity index (χ1) is 12.0. The van der Waals surface area contributed by atoms with E-state index in [9.17, 15) is 4.79 Å². The molecule has 0 radical (unpaired) electrons. The van der Waals surface area contributed by atoms with Gasteiger partial charge in [-0.2, -0.15) is 0 Å². The van der Waals surface area contributed by atoms with E-state index in [0.29, 0.717) is 15.2 Å². The molecule has 0 bridgehead atoms. The molecule has 1 heterocycles. The van der Waals surface area contributed by atoms with Crippen LogP contribution >= 0.6 is 46.3 Å². The molecular weight excluding hydrogens is 395 g/mol. The van der Waals surface area contributed by atoms with E-state index in [1.165, 1.54) is 23.1 Å². The highest BCUT2D eigenvalue weighted by Gasteiger charge is 2.16. The summed E-state index contributed by atoms with van der Waals surface area (Å²) in [5, 5.41) is 6.36. The zero-order chi connectivity index (χ0) is 17.8. The standard InChI is InChI=1S/C18H14Cl2N2OS2/c1-11(25-13-8-6-12(19)7-9-13)17(23)22-18-21-16(10-24-18)14-4-2-3-5-15(14)20/h2-11H,1H3,(H,21,22,23). The number of hydrogen-bond donors (Lipinski definition) is 1. The van der Waals surface area contributed by atoms with Crippen molar-refractivity contribution in [3.8, 4) is 11.3 Å². The molecule has 0 spiro atoms. The van der Waals surface area contributed by atoms with Gasteiger partial charge in [0.05, 0.1) is 10.9 Å². The van der Waals surface area contributed by atoms with E-state index >= 15 is 0 Å². The molecule has 25 heavy (non-hydrogen) atoms. The van der Waals surface area contributed by atoms with Gasteiger partial charge in [0.25, 0.3) is 0 Å². The number of amides is 1. The van der Waals surface area contributed by atoms with Crippen molar-refractivity contribution in [1.29, 1.82) is 0 Å². The summed E-state index contributed by atoms with van der Waals surface area (Å²) in [4.78, 5) is 17.8. The smallest absolute Gasteiger partial charge is 0.239 e. The predicted molar refractivity (Wildman–Crippen MR) is 108 cm³/mol. The number of aromatic nitrogens is 1. The molecule has 0 saturated heterocycles. The Kier molecular flexibility index (Phi) is 6.02. The highest BCUT2D eigenvalue weighted by molar-refractivity contribution is 8.00. The second-order valence-electron chi connectivity index (χ2n) is 5.22. The Morgan fingerprint density at radius 1 is 1.16 bits per heavy atom. The van der Waals surface area contributed by atoms with Gasteiger partial charge in [-0.15, -0.1) is 23.1 Å². The van der Waals surface area contributed by atoms with Crippen molar-refractivity contribution in [3.63, 3.8) is 0 Å². The fourth-order valence-corrected chi connectivity index (χ4v) is 4.04. The van der Waals surface area contributed by atoms with Crippen LogP contribution in [0.4, 0.5) is 5.13 Å². The zero-order valence-electron chi connectivity index (χ0n) is 13.2. The van der Waals surface area contributed by atoms with E-state index in [-0.39, 0.29) is 11.2 Å².